The molecular formula is C12H20N4. The molecule has 0 aromatic carbocycles. The predicted molar refractivity (Wildman–Crippen MR) is 64.6 cm³/mol. The third-order valence-corrected chi connectivity index (χ3v) is 3.73. The van der Waals surface area contributed by atoms with Crippen molar-refractivity contribution in [2.75, 3.05) is 18.0 Å². The van der Waals surface area contributed by atoms with Crippen LogP contribution >= 0.6 is 0 Å². The number of nitrogens with zero attached hydrogens (tertiary/aromatic N) is 3. The number of aromatic nitrogens is 2. The normalized spacial score (nSPS) is 30.1. The number of anilines is 1. The highest BCUT2D eigenvalue weighted by Crippen LogP contribution is 2.38. The summed E-state index contributed by atoms with van der Waals surface area (Å²) in [6.45, 7) is 6.29. The SMILES string of the molecule is Cc1cn(C2CC2)c(N2CC(C)C(N)C2)n1. The van der Waals surface area contributed by atoms with Crippen LogP contribution in [0.2, 0.25) is 0 Å². The van der Waals surface area contributed by atoms with Crippen LogP contribution in [0.15, 0.2) is 6.20 Å². The van der Waals surface area contributed by atoms with Gasteiger partial charge in [0, 0.05) is 31.4 Å². The zero-order valence-corrected chi connectivity index (χ0v) is 10.1. The fourth-order valence-corrected chi connectivity index (χ4v) is 2.51. The van der Waals surface area contributed by atoms with Gasteiger partial charge in [0.05, 0.1) is 5.69 Å². The molecule has 1 saturated heterocycles. The lowest BCUT2D eigenvalue weighted by Gasteiger charge is -2.18. The first-order valence-corrected chi connectivity index (χ1v) is 6.21. The van der Waals surface area contributed by atoms with Gasteiger partial charge in [-0.2, -0.15) is 0 Å². The molecule has 1 saturated carbocycles. The lowest BCUT2D eigenvalue weighted by Crippen LogP contribution is -2.29. The summed E-state index contributed by atoms with van der Waals surface area (Å²) < 4.78 is 2.35. The van der Waals surface area contributed by atoms with Crippen LogP contribution in [0.25, 0.3) is 0 Å². The molecule has 4 nitrogen and oxygen atoms in total. The quantitative estimate of drug-likeness (QED) is 0.817. The first kappa shape index (κ1) is 10.1. The summed E-state index contributed by atoms with van der Waals surface area (Å²) in [6, 6.07) is 0.994. The van der Waals surface area contributed by atoms with Crippen molar-refractivity contribution in [3.63, 3.8) is 0 Å². The average molecular weight is 220 g/mol. The fraction of sp³-hybridized carbons (Fsp3) is 0.750. The molecule has 2 atom stereocenters. The molecule has 2 aliphatic rings. The number of imidazole rings is 1. The van der Waals surface area contributed by atoms with Crippen LogP contribution in [0.5, 0.6) is 0 Å². The Hall–Kier alpha value is -1.03. The van der Waals surface area contributed by atoms with E-state index in [2.05, 4.69) is 34.5 Å². The maximum absolute atomic E-state index is 6.08. The smallest absolute Gasteiger partial charge is 0.206 e. The molecule has 0 radical (unpaired) electrons. The van der Waals surface area contributed by atoms with Gasteiger partial charge in [0.25, 0.3) is 0 Å². The molecule has 1 aliphatic carbocycles. The molecule has 2 N–H and O–H groups in total. The lowest BCUT2D eigenvalue weighted by molar-refractivity contribution is 0.565. The minimum atomic E-state index is 0.296. The molecular weight excluding hydrogens is 200 g/mol. The zero-order valence-electron chi connectivity index (χ0n) is 10.1. The minimum Gasteiger partial charge on any atom is -0.340 e. The number of nitrogens with two attached hydrogens (primary N) is 1. The van der Waals surface area contributed by atoms with Crippen LogP contribution in [-0.2, 0) is 0 Å². The van der Waals surface area contributed by atoms with Crippen LogP contribution < -0.4 is 10.6 Å². The molecule has 0 spiro atoms. The number of rotatable bonds is 2. The predicted octanol–water partition coefficient (Wildman–Crippen LogP) is 1.31. The Kier molecular flexibility index (Phi) is 2.21. The Balaban J connectivity index is 1.88. The summed E-state index contributed by atoms with van der Waals surface area (Å²) in [5.74, 6) is 1.71. The van der Waals surface area contributed by atoms with E-state index < -0.39 is 0 Å². The maximum Gasteiger partial charge on any atom is 0.206 e. The van der Waals surface area contributed by atoms with Gasteiger partial charge in [-0.3, -0.25) is 0 Å². The first-order valence-electron chi connectivity index (χ1n) is 6.21. The van der Waals surface area contributed by atoms with E-state index in [0.717, 1.165) is 24.7 Å². The number of hydrogen-bond donors (Lipinski definition) is 1. The summed E-state index contributed by atoms with van der Waals surface area (Å²) in [6.07, 6.45) is 4.79. The van der Waals surface area contributed by atoms with Gasteiger partial charge in [0.1, 0.15) is 0 Å². The highest BCUT2D eigenvalue weighted by Gasteiger charge is 2.33. The number of hydrogen-bond acceptors (Lipinski definition) is 3. The molecule has 2 unspecified atom stereocenters. The van der Waals surface area contributed by atoms with E-state index in [4.69, 9.17) is 5.73 Å². The Morgan fingerprint density at radius 1 is 1.38 bits per heavy atom. The van der Waals surface area contributed by atoms with E-state index in [-0.39, 0.29) is 0 Å². The van der Waals surface area contributed by atoms with E-state index in [1.165, 1.54) is 12.8 Å². The second kappa shape index (κ2) is 3.48. The highest BCUT2D eigenvalue weighted by molar-refractivity contribution is 5.37. The summed E-state index contributed by atoms with van der Waals surface area (Å²) >= 11 is 0. The van der Waals surface area contributed by atoms with Gasteiger partial charge >= 0.3 is 0 Å². The summed E-state index contributed by atoms with van der Waals surface area (Å²) in [4.78, 5) is 7.00. The summed E-state index contributed by atoms with van der Waals surface area (Å²) in [7, 11) is 0. The second-order valence-corrected chi connectivity index (χ2v) is 5.37. The first-order chi connectivity index (χ1) is 7.65. The van der Waals surface area contributed by atoms with Crippen molar-refractivity contribution in [3.8, 4) is 0 Å². The molecule has 1 aliphatic heterocycles. The van der Waals surface area contributed by atoms with Gasteiger partial charge in [0.2, 0.25) is 5.95 Å². The van der Waals surface area contributed by atoms with Crippen LogP contribution in [0.3, 0.4) is 0 Å². The van der Waals surface area contributed by atoms with E-state index in [0.29, 0.717) is 18.0 Å². The lowest BCUT2D eigenvalue weighted by atomic mass is 10.1. The van der Waals surface area contributed by atoms with Gasteiger partial charge in [-0.05, 0) is 25.7 Å². The maximum atomic E-state index is 6.08. The van der Waals surface area contributed by atoms with Crippen LogP contribution in [0.4, 0.5) is 5.95 Å². The molecule has 3 rings (SSSR count). The standard InChI is InChI=1S/C12H20N4/c1-8-5-15(7-11(8)13)12-14-9(2)6-16(12)10-3-4-10/h6,8,10-11H,3-5,7,13H2,1-2H3. The van der Waals surface area contributed by atoms with Crippen molar-refractivity contribution >= 4 is 5.95 Å². The molecule has 16 heavy (non-hydrogen) atoms. The second-order valence-electron chi connectivity index (χ2n) is 5.37. The van der Waals surface area contributed by atoms with Gasteiger partial charge < -0.3 is 15.2 Å². The van der Waals surface area contributed by atoms with Gasteiger partial charge in [-0.25, -0.2) is 4.98 Å². The Bertz CT molecular complexity index is 384. The van der Waals surface area contributed by atoms with Crippen molar-refractivity contribution in [1.29, 1.82) is 0 Å². The summed E-state index contributed by atoms with van der Waals surface area (Å²) in [5, 5.41) is 0. The monoisotopic (exact) mass is 220 g/mol. The van der Waals surface area contributed by atoms with E-state index in [1.807, 2.05) is 0 Å². The molecule has 0 bridgehead atoms. The Morgan fingerprint density at radius 2 is 2.12 bits per heavy atom. The largest absolute Gasteiger partial charge is 0.340 e. The third kappa shape index (κ3) is 1.61. The molecule has 1 aromatic heterocycles. The molecule has 1 aromatic rings. The third-order valence-electron chi connectivity index (χ3n) is 3.73. The molecule has 4 heteroatoms. The van der Waals surface area contributed by atoms with E-state index in [1.54, 1.807) is 0 Å². The fourth-order valence-electron chi connectivity index (χ4n) is 2.51. The van der Waals surface area contributed by atoms with Crippen LogP contribution in [-0.4, -0.2) is 28.7 Å². The molecule has 2 heterocycles. The van der Waals surface area contributed by atoms with Crippen molar-refractivity contribution in [3.05, 3.63) is 11.9 Å². The topological polar surface area (TPSA) is 47.1 Å². The van der Waals surface area contributed by atoms with Gasteiger partial charge in [-0.1, -0.05) is 6.92 Å². The van der Waals surface area contributed by atoms with Crippen molar-refractivity contribution in [2.45, 2.75) is 38.8 Å². The molecule has 2 fully saturated rings. The van der Waals surface area contributed by atoms with E-state index in [9.17, 15) is 0 Å². The van der Waals surface area contributed by atoms with Crippen LogP contribution in [0, 0.1) is 12.8 Å². The molecule has 88 valence electrons. The van der Waals surface area contributed by atoms with Crippen molar-refractivity contribution in [1.82, 2.24) is 9.55 Å². The minimum absolute atomic E-state index is 0.296. The van der Waals surface area contributed by atoms with E-state index >= 15 is 0 Å². The Labute approximate surface area is 96.4 Å². The van der Waals surface area contributed by atoms with Crippen molar-refractivity contribution in [2.24, 2.45) is 11.7 Å². The van der Waals surface area contributed by atoms with Gasteiger partial charge in [-0.15, -0.1) is 0 Å². The summed E-state index contributed by atoms with van der Waals surface area (Å²) in [5.41, 5.74) is 7.20. The van der Waals surface area contributed by atoms with Gasteiger partial charge in [0.15, 0.2) is 0 Å². The highest BCUT2D eigenvalue weighted by atomic mass is 15.3. The number of aryl methyl sites for hydroxylation is 1. The zero-order chi connectivity index (χ0) is 11.3. The van der Waals surface area contributed by atoms with Crippen molar-refractivity contribution < 1.29 is 0 Å². The average Bonchev–Trinajstić information content (AvgIpc) is 2.93. The molecule has 0 amide bonds. The van der Waals surface area contributed by atoms with Crippen LogP contribution in [0.1, 0.15) is 31.5 Å². The Morgan fingerprint density at radius 3 is 2.69 bits per heavy atom.